The summed E-state index contributed by atoms with van der Waals surface area (Å²) in [6.45, 7) is 2.47. The van der Waals surface area contributed by atoms with Gasteiger partial charge in [0.1, 0.15) is 11.9 Å². The first kappa shape index (κ1) is 21.1. The standard InChI is InChI=1S/C24H24N2O4S/c1-18-8-10-20(11-9-18)24(27)25-16-17-26(31(28,29)22-6-4-3-5-7-22)23(25)19-12-14-21(30-2)15-13-19/h3-15,23H,16-17H2,1-2H3. The van der Waals surface area contributed by atoms with Gasteiger partial charge in [-0.15, -0.1) is 0 Å². The van der Waals surface area contributed by atoms with Gasteiger partial charge in [0.05, 0.1) is 12.0 Å². The number of amides is 1. The smallest absolute Gasteiger partial charge is 0.255 e. The molecule has 31 heavy (non-hydrogen) atoms. The van der Waals surface area contributed by atoms with E-state index in [4.69, 9.17) is 4.74 Å². The highest BCUT2D eigenvalue weighted by Crippen LogP contribution is 2.36. The molecular formula is C24H24N2O4S. The molecule has 1 atom stereocenters. The molecule has 1 fully saturated rings. The largest absolute Gasteiger partial charge is 0.497 e. The van der Waals surface area contributed by atoms with Crippen LogP contribution in [0.3, 0.4) is 0 Å². The van der Waals surface area contributed by atoms with Crippen LogP contribution in [0, 0.1) is 6.92 Å². The van der Waals surface area contributed by atoms with E-state index in [1.807, 2.05) is 19.1 Å². The molecular weight excluding hydrogens is 412 g/mol. The first-order valence-corrected chi connectivity index (χ1v) is 11.4. The summed E-state index contributed by atoms with van der Waals surface area (Å²) in [6, 6.07) is 22.8. The van der Waals surface area contributed by atoms with Crippen LogP contribution in [0.5, 0.6) is 5.75 Å². The van der Waals surface area contributed by atoms with Crippen molar-refractivity contribution >= 4 is 15.9 Å². The third-order valence-corrected chi connectivity index (χ3v) is 7.32. The molecule has 0 aliphatic carbocycles. The molecule has 1 aliphatic rings. The average molecular weight is 437 g/mol. The van der Waals surface area contributed by atoms with Crippen molar-refractivity contribution in [2.45, 2.75) is 18.0 Å². The van der Waals surface area contributed by atoms with Gasteiger partial charge in [0, 0.05) is 18.7 Å². The summed E-state index contributed by atoms with van der Waals surface area (Å²) in [5.74, 6) is 0.460. The number of benzene rings is 3. The third kappa shape index (κ3) is 4.06. The number of carbonyl (C=O) groups is 1. The van der Waals surface area contributed by atoms with E-state index in [9.17, 15) is 13.2 Å². The zero-order valence-electron chi connectivity index (χ0n) is 17.4. The van der Waals surface area contributed by atoms with Gasteiger partial charge in [-0.25, -0.2) is 8.42 Å². The van der Waals surface area contributed by atoms with Gasteiger partial charge in [-0.3, -0.25) is 4.79 Å². The van der Waals surface area contributed by atoms with Gasteiger partial charge in [-0.2, -0.15) is 4.31 Å². The van der Waals surface area contributed by atoms with Crippen molar-refractivity contribution in [2.24, 2.45) is 0 Å². The Kier molecular flexibility index (Phi) is 5.80. The molecule has 1 saturated heterocycles. The van der Waals surface area contributed by atoms with Crippen molar-refractivity contribution in [3.8, 4) is 5.75 Å². The lowest BCUT2D eigenvalue weighted by Gasteiger charge is -2.30. The van der Waals surface area contributed by atoms with Crippen LogP contribution in [0.1, 0.15) is 27.7 Å². The number of ether oxygens (including phenoxy) is 1. The van der Waals surface area contributed by atoms with Crippen molar-refractivity contribution < 1.29 is 17.9 Å². The quantitative estimate of drug-likeness (QED) is 0.609. The fourth-order valence-electron chi connectivity index (χ4n) is 3.78. The molecule has 6 nitrogen and oxygen atoms in total. The molecule has 7 heteroatoms. The first-order valence-electron chi connectivity index (χ1n) is 10.0. The molecule has 3 aromatic rings. The maximum atomic E-state index is 13.5. The lowest BCUT2D eigenvalue weighted by molar-refractivity contribution is 0.0693. The molecule has 0 saturated carbocycles. The minimum atomic E-state index is -3.80. The number of carbonyl (C=O) groups excluding carboxylic acids is 1. The SMILES string of the molecule is COc1ccc(C2N(C(=O)c3ccc(C)cc3)CCN2S(=O)(=O)c2ccccc2)cc1. The van der Waals surface area contributed by atoms with Crippen LogP contribution < -0.4 is 4.74 Å². The second-order valence-corrected chi connectivity index (χ2v) is 9.33. The normalized spacial score (nSPS) is 17.0. The summed E-state index contributed by atoms with van der Waals surface area (Å²) in [6.07, 6.45) is -0.745. The monoisotopic (exact) mass is 436 g/mol. The highest BCUT2D eigenvalue weighted by atomic mass is 32.2. The Bertz CT molecular complexity index is 1160. The zero-order chi connectivity index (χ0) is 22.0. The zero-order valence-corrected chi connectivity index (χ0v) is 18.2. The van der Waals surface area contributed by atoms with E-state index >= 15 is 0 Å². The predicted molar refractivity (Wildman–Crippen MR) is 118 cm³/mol. The second-order valence-electron chi connectivity index (χ2n) is 7.44. The van der Waals surface area contributed by atoms with Crippen LogP contribution >= 0.6 is 0 Å². The second kappa shape index (κ2) is 8.53. The summed E-state index contributed by atoms with van der Waals surface area (Å²) in [5.41, 5.74) is 2.29. The number of rotatable bonds is 5. The Hall–Kier alpha value is -3.16. The van der Waals surface area contributed by atoms with Crippen LogP contribution in [0.25, 0.3) is 0 Å². The number of nitrogens with zero attached hydrogens (tertiary/aromatic N) is 2. The Labute approximate surface area is 182 Å². The molecule has 4 rings (SSSR count). The number of hydrogen-bond acceptors (Lipinski definition) is 4. The molecule has 1 aliphatic heterocycles. The summed E-state index contributed by atoms with van der Waals surface area (Å²) >= 11 is 0. The van der Waals surface area contributed by atoms with Gasteiger partial charge in [0.2, 0.25) is 10.0 Å². The van der Waals surface area contributed by atoms with E-state index in [-0.39, 0.29) is 17.3 Å². The third-order valence-electron chi connectivity index (χ3n) is 5.45. The van der Waals surface area contributed by atoms with Crippen molar-refractivity contribution in [1.82, 2.24) is 9.21 Å². The minimum absolute atomic E-state index is 0.202. The molecule has 1 unspecified atom stereocenters. The van der Waals surface area contributed by atoms with Crippen molar-refractivity contribution in [1.29, 1.82) is 0 Å². The molecule has 0 spiro atoms. The Balaban J connectivity index is 1.76. The maximum absolute atomic E-state index is 13.5. The highest BCUT2D eigenvalue weighted by Gasteiger charge is 2.43. The van der Waals surface area contributed by atoms with Gasteiger partial charge >= 0.3 is 0 Å². The van der Waals surface area contributed by atoms with E-state index < -0.39 is 16.2 Å². The average Bonchev–Trinajstić information content (AvgIpc) is 3.26. The Morgan fingerprint density at radius 3 is 2.16 bits per heavy atom. The lowest BCUT2D eigenvalue weighted by Crippen LogP contribution is -2.38. The number of hydrogen-bond donors (Lipinski definition) is 0. The molecule has 0 aromatic heterocycles. The summed E-state index contributed by atoms with van der Waals surface area (Å²) in [7, 11) is -2.23. The molecule has 0 N–H and O–H groups in total. The molecule has 1 amide bonds. The van der Waals surface area contributed by atoms with E-state index in [1.165, 1.54) is 4.31 Å². The Morgan fingerprint density at radius 1 is 0.903 bits per heavy atom. The van der Waals surface area contributed by atoms with Crippen molar-refractivity contribution in [2.75, 3.05) is 20.2 Å². The van der Waals surface area contributed by atoms with E-state index in [1.54, 1.807) is 78.7 Å². The maximum Gasteiger partial charge on any atom is 0.255 e. The van der Waals surface area contributed by atoms with E-state index in [2.05, 4.69) is 0 Å². The lowest BCUT2D eigenvalue weighted by atomic mass is 10.1. The van der Waals surface area contributed by atoms with Gasteiger partial charge < -0.3 is 9.64 Å². The van der Waals surface area contributed by atoms with E-state index in [0.717, 1.165) is 5.56 Å². The Morgan fingerprint density at radius 2 is 1.55 bits per heavy atom. The molecule has 160 valence electrons. The fourth-order valence-corrected chi connectivity index (χ4v) is 5.37. The molecule has 0 radical (unpaired) electrons. The topological polar surface area (TPSA) is 66.9 Å². The van der Waals surface area contributed by atoms with Gasteiger partial charge in [-0.05, 0) is 48.9 Å². The van der Waals surface area contributed by atoms with Crippen LogP contribution in [-0.4, -0.2) is 43.7 Å². The molecule has 3 aromatic carbocycles. The highest BCUT2D eigenvalue weighted by molar-refractivity contribution is 7.89. The molecule has 0 bridgehead atoms. The molecule has 1 heterocycles. The summed E-state index contributed by atoms with van der Waals surface area (Å²) in [5, 5.41) is 0. The van der Waals surface area contributed by atoms with Crippen molar-refractivity contribution in [3.63, 3.8) is 0 Å². The van der Waals surface area contributed by atoms with Crippen LogP contribution in [0.4, 0.5) is 0 Å². The minimum Gasteiger partial charge on any atom is -0.497 e. The van der Waals surface area contributed by atoms with Gasteiger partial charge in [0.15, 0.2) is 0 Å². The van der Waals surface area contributed by atoms with E-state index in [0.29, 0.717) is 23.4 Å². The van der Waals surface area contributed by atoms with Gasteiger partial charge in [-0.1, -0.05) is 48.0 Å². The van der Waals surface area contributed by atoms with Crippen molar-refractivity contribution in [3.05, 3.63) is 95.6 Å². The predicted octanol–water partition coefficient (Wildman–Crippen LogP) is 3.85. The van der Waals surface area contributed by atoms with Crippen LogP contribution in [0.2, 0.25) is 0 Å². The number of sulfonamides is 1. The number of methoxy groups -OCH3 is 1. The van der Waals surface area contributed by atoms with Crippen LogP contribution in [-0.2, 0) is 10.0 Å². The summed E-state index contributed by atoms with van der Waals surface area (Å²) < 4.78 is 33.5. The van der Waals surface area contributed by atoms with Crippen LogP contribution in [0.15, 0.2) is 83.8 Å². The number of aryl methyl sites for hydroxylation is 1. The summed E-state index contributed by atoms with van der Waals surface area (Å²) in [4.78, 5) is 15.2. The van der Waals surface area contributed by atoms with Gasteiger partial charge in [0.25, 0.3) is 5.91 Å². The first-order chi connectivity index (χ1) is 14.9. The fraction of sp³-hybridized carbons (Fsp3) is 0.208.